The van der Waals surface area contributed by atoms with E-state index in [1.54, 1.807) is 17.0 Å². The van der Waals surface area contributed by atoms with Crippen LogP contribution in [0.4, 0.5) is 14.9 Å². The maximum Gasteiger partial charge on any atom is 0.322 e. The second kappa shape index (κ2) is 9.53. The topological polar surface area (TPSA) is 68.4 Å². The van der Waals surface area contributed by atoms with Gasteiger partial charge < -0.3 is 15.2 Å². The summed E-state index contributed by atoms with van der Waals surface area (Å²) in [6, 6.07) is 13.6. The Bertz CT molecular complexity index is 1180. The standard InChI is InChI=1S/C25H29FN4O2/c1-3-29-13-7-10-20(29)16-30(25(32)27-22-12-5-4-11-21(22)26)15-19-14-18-9-6-8-17(2)23(18)28-24(19)31/h4-6,8-9,11-12,14,20H,3,7,10,13,15-16H2,1-2H3,(H,27,32)(H,28,31). The number of carbonyl (C=O) groups is 1. The number of likely N-dealkylation sites (tertiary alicyclic amines) is 1. The van der Waals surface area contributed by atoms with E-state index in [4.69, 9.17) is 0 Å². The number of amides is 2. The Morgan fingerprint density at radius 1 is 1.25 bits per heavy atom. The van der Waals surface area contributed by atoms with Crippen LogP contribution in [0, 0.1) is 12.7 Å². The summed E-state index contributed by atoms with van der Waals surface area (Å²) in [4.78, 5) is 33.0. The summed E-state index contributed by atoms with van der Waals surface area (Å²) in [5.41, 5.74) is 2.22. The second-order valence-electron chi connectivity index (χ2n) is 8.38. The number of nitrogens with zero attached hydrogens (tertiary/aromatic N) is 2. The molecule has 2 heterocycles. The first kappa shape index (κ1) is 22.0. The number of aromatic amines is 1. The average Bonchev–Trinajstić information content (AvgIpc) is 3.23. The summed E-state index contributed by atoms with van der Waals surface area (Å²) in [5.74, 6) is -0.490. The smallest absolute Gasteiger partial charge is 0.321 e. The van der Waals surface area contributed by atoms with E-state index >= 15 is 0 Å². The Labute approximate surface area is 187 Å². The fraction of sp³-hybridized carbons (Fsp3) is 0.360. The molecule has 4 rings (SSSR count). The molecule has 2 N–H and O–H groups in total. The van der Waals surface area contributed by atoms with Crippen LogP contribution in [0.1, 0.15) is 30.9 Å². The van der Waals surface area contributed by atoms with Crippen LogP contribution in [0.25, 0.3) is 10.9 Å². The molecule has 0 aliphatic carbocycles. The van der Waals surface area contributed by atoms with Gasteiger partial charge >= 0.3 is 6.03 Å². The van der Waals surface area contributed by atoms with E-state index < -0.39 is 11.8 Å². The maximum absolute atomic E-state index is 14.1. The molecule has 3 aromatic rings. The molecule has 1 aromatic heterocycles. The molecule has 1 aliphatic rings. The third kappa shape index (κ3) is 4.67. The van der Waals surface area contributed by atoms with Crippen molar-refractivity contribution in [3.8, 4) is 0 Å². The number of aryl methyl sites for hydroxylation is 1. The number of aromatic nitrogens is 1. The summed E-state index contributed by atoms with van der Waals surface area (Å²) in [7, 11) is 0. The zero-order valence-electron chi connectivity index (χ0n) is 18.5. The van der Waals surface area contributed by atoms with E-state index in [9.17, 15) is 14.0 Å². The summed E-state index contributed by atoms with van der Waals surface area (Å²) in [5, 5.41) is 3.61. The summed E-state index contributed by atoms with van der Waals surface area (Å²) in [6.07, 6.45) is 2.07. The number of urea groups is 1. The van der Waals surface area contributed by atoms with Gasteiger partial charge in [0.05, 0.1) is 17.7 Å². The number of rotatable bonds is 6. The van der Waals surface area contributed by atoms with Crippen molar-refractivity contribution in [3.63, 3.8) is 0 Å². The lowest BCUT2D eigenvalue weighted by Crippen LogP contribution is -2.45. The molecular formula is C25H29FN4O2. The number of carbonyl (C=O) groups excluding carboxylic acids is 1. The molecule has 1 saturated heterocycles. The highest BCUT2D eigenvalue weighted by molar-refractivity contribution is 5.89. The SMILES string of the molecule is CCN1CCCC1CN(Cc1cc2cccc(C)c2[nH]c1=O)C(=O)Nc1ccccc1F. The van der Waals surface area contributed by atoms with Crippen LogP contribution in [0.5, 0.6) is 0 Å². The van der Waals surface area contributed by atoms with E-state index in [1.165, 1.54) is 12.1 Å². The van der Waals surface area contributed by atoms with Crippen LogP contribution < -0.4 is 10.9 Å². The lowest BCUT2D eigenvalue weighted by Gasteiger charge is -2.30. The van der Waals surface area contributed by atoms with Gasteiger partial charge in [-0.05, 0) is 62.0 Å². The maximum atomic E-state index is 14.1. The van der Waals surface area contributed by atoms with Gasteiger partial charge in [0.2, 0.25) is 0 Å². The number of hydrogen-bond donors (Lipinski definition) is 2. The fourth-order valence-corrected chi connectivity index (χ4v) is 4.50. The molecule has 0 bridgehead atoms. The summed E-state index contributed by atoms with van der Waals surface area (Å²) in [6.45, 7) is 6.58. The predicted molar refractivity (Wildman–Crippen MR) is 125 cm³/mol. The molecule has 6 nitrogen and oxygen atoms in total. The predicted octanol–water partition coefficient (Wildman–Crippen LogP) is 4.49. The minimum Gasteiger partial charge on any atom is -0.321 e. The van der Waals surface area contributed by atoms with Gasteiger partial charge in [-0.1, -0.05) is 37.3 Å². The molecule has 1 unspecified atom stereocenters. The molecule has 1 aliphatic heterocycles. The molecule has 0 saturated carbocycles. The lowest BCUT2D eigenvalue weighted by molar-refractivity contribution is 0.174. The van der Waals surface area contributed by atoms with Crippen molar-refractivity contribution in [1.82, 2.24) is 14.8 Å². The molecule has 1 atom stereocenters. The monoisotopic (exact) mass is 436 g/mol. The number of fused-ring (bicyclic) bond motifs is 1. The van der Waals surface area contributed by atoms with Crippen LogP contribution in [0.2, 0.25) is 0 Å². The molecular weight excluding hydrogens is 407 g/mol. The van der Waals surface area contributed by atoms with Gasteiger partial charge in [0.15, 0.2) is 0 Å². The number of hydrogen-bond acceptors (Lipinski definition) is 3. The highest BCUT2D eigenvalue weighted by atomic mass is 19.1. The van der Waals surface area contributed by atoms with Crippen LogP contribution in [-0.4, -0.2) is 46.5 Å². The van der Waals surface area contributed by atoms with Crippen molar-refractivity contribution < 1.29 is 9.18 Å². The van der Waals surface area contributed by atoms with Crippen molar-refractivity contribution in [3.05, 3.63) is 75.8 Å². The van der Waals surface area contributed by atoms with Crippen LogP contribution in [0.3, 0.4) is 0 Å². The molecule has 2 aromatic carbocycles. The van der Waals surface area contributed by atoms with Gasteiger partial charge in [-0.2, -0.15) is 0 Å². The molecule has 0 radical (unpaired) electrons. The molecule has 0 spiro atoms. The van der Waals surface area contributed by atoms with E-state index in [-0.39, 0.29) is 23.8 Å². The van der Waals surface area contributed by atoms with Gasteiger partial charge in [-0.25, -0.2) is 9.18 Å². The van der Waals surface area contributed by atoms with Crippen molar-refractivity contribution in [2.24, 2.45) is 0 Å². The van der Waals surface area contributed by atoms with Crippen molar-refractivity contribution in [1.29, 1.82) is 0 Å². The number of anilines is 1. The molecule has 168 valence electrons. The summed E-state index contributed by atoms with van der Waals surface area (Å²) < 4.78 is 14.1. The Balaban J connectivity index is 1.63. The first-order valence-corrected chi connectivity index (χ1v) is 11.1. The zero-order valence-corrected chi connectivity index (χ0v) is 18.5. The Hall–Kier alpha value is -3.19. The number of benzene rings is 2. The number of para-hydroxylation sites is 2. The third-order valence-corrected chi connectivity index (χ3v) is 6.27. The quantitative estimate of drug-likeness (QED) is 0.598. The van der Waals surface area contributed by atoms with Crippen LogP contribution in [-0.2, 0) is 6.54 Å². The minimum absolute atomic E-state index is 0.129. The van der Waals surface area contributed by atoms with Crippen LogP contribution in [0.15, 0.2) is 53.3 Å². The number of halogens is 1. The third-order valence-electron chi connectivity index (χ3n) is 6.27. The van der Waals surface area contributed by atoms with Crippen molar-refractivity contribution >= 4 is 22.6 Å². The molecule has 1 fully saturated rings. The average molecular weight is 437 g/mol. The van der Waals surface area contributed by atoms with Crippen molar-refractivity contribution in [2.45, 2.75) is 39.3 Å². The van der Waals surface area contributed by atoms with E-state index in [2.05, 4.69) is 22.1 Å². The Morgan fingerprint density at radius 2 is 2.06 bits per heavy atom. The zero-order chi connectivity index (χ0) is 22.7. The van der Waals surface area contributed by atoms with Gasteiger partial charge in [0, 0.05) is 18.2 Å². The number of pyridine rings is 1. The van der Waals surface area contributed by atoms with Gasteiger partial charge in [-0.3, -0.25) is 9.69 Å². The Kier molecular flexibility index (Phi) is 6.55. The first-order chi connectivity index (χ1) is 15.5. The minimum atomic E-state index is -0.490. The number of likely N-dealkylation sites (N-methyl/N-ethyl adjacent to an activating group) is 1. The summed E-state index contributed by atoms with van der Waals surface area (Å²) >= 11 is 0. The van der Waals surface area contributed by atoms with Crippen molar-refractivity contribution in [2.75, 3.05) is 25.0 Å². The van der Waals surface area contributed by atoms with E-state index in [0.29, 0.717) is 12.1 Å². The Morgan fingerprint density at radius 3 is 2.84 bits per heavy atom. The van der Waals surface area contributed by atoms with Crippen LogP contribution >= 0.6 is 0 Å². The normalized spacial score (nSPS) is 16.4. The van der Waals surface area contributed by atoms with E-state index in [0.717, 1.165) is 42.4 Å². The first-order valence-electron chi connectivity index (χ1n) is 11.1. The van der Waals surface area contributed by atoms with E-state index in [1.807, 2.05) is 31.2 Å². The largest absolute Gasteiger partial charge is 0.322 e. The molecule has 7 heteroatoms. The molecule has 32 heavy (non-hydrogen) atoms. The highest BCUT2D eigenvalue weighted by Gasteiger charge is 2.28. The van der Waals surface area contributed by atoms with Gasteiger partial charge in [0.25, 0.3) is 5.56 Å². The highest BCUT2D eigenvalue weighted by Crippen LogP contribution is 2.21. The fourth-order valence-electron chi connectivity index (χ4n) is 4.50. The van der Waals surface area contributed by atoms with Gasteiger partial charge in [-0.15, -0.1) is 0 Å². The second-order valence-corrected chi connectivity index (χ2v) is 8.38. The van der Waals surface area contributed by atoms with Gasteiger partial charge in [0.1, 0.15) is 5.82 Å². The number of nitrogens with one attached hydrogen (secondary N) is 2. The number of H-pyrrole nitrogens is 1. The lowest BCUT2D eigenvalue weighted by atomic mass is 10.1. The molecule has 2 amide bonds.